The number of benzene rings is 1. The number of aromatic nitrogens is 1. The van der Waals surface area contributed by atoms with E-state index in [1.165, 1.54) is 12.8 Å². The normalized spacial score (nSPS) is 17.2. The molecular formula is C15H16ClN3. The maximum Gasteiger partial charge on any atom is 0.103 e. The molecule has 4 heteroatoms. The van der Waals surface area contributed by atoms with Gasteiger partial charge in [-0.3, -0.25) is 4.98 Å². The van der Waals surface area contributed by atoms with Crippen LogP contribution in [0, 0.1) is 5.92 Å². The molecule has 0 bridgehead atoms. The predicted molar refractivity (Wildman–Crippen MR) is 80.0 cm³/mol. The van der Waals surface area contributed by atoms with Crippen LogP contribution in [0.3, 0.4) is 0 Å². The molecule has 0 saturated heterocycles. The van der Waals surface area contributed by atoms with E-state index in [9.17, 15) is 0 Å². The zero-order valence-electron chi connectivity index (χ0n) is 10.6. The van der Waals surface area contributed by atoms with Gasteiger partial charge >= 0.3 is 0 Å². The molecule has 1 saturated carbocycles. The maximum absolute atomic E-state index is 6.17. The van der Waals surface area contributed by atoms with Gasteiger partial charge in [0.25, 0.3) is 0 Å². The van der Waals surface area contributed by atoms with Gasteiger partial charge < -0.3 is 5.73 Å². The maximum atomic E-state index is 6.17. The first-order chi connectivity index (χ1) is 9.25. The Kier molecular flexibility index (Phi) is 3.38. The number of fused-ring (bicyclic) bond motifs is 1. The quantitative estimate of drug-likeness (QED) is 0.662. The Morgan fingerprint density at radius 1 is 1.26 bits per heavy atom. The molecule has 98 valence electrons. The van der Waals surface area contributed by atoms with Crippen LogP contribution >= 0.6 is 11.6 Å². The molecule has 0 atom stereocenters. The van der Waals surface area contributed by atoms with Crippen LogP contribution in [0.5, 0.6) is 0 Å². The van der Waals surface area contributed by atoms with E-state index in [4.69, 9.17) is 17.3 Å². The Labute approximate surface area is 117 Å². The second-order valence-electron chi connectivity index (χ2n) is 4.98. The Morgan fingerprint density at radius 3 is 2.84 bits per heavy atom. The van der Waals surface area contributed by atoms with Crippen LogP contribution in [-0.4, -0.2) is 10.8 Å². The molecule has 1 aromatic heterocycles. The first-order valence-corrected chi connectivity index (χ1v) is 7.01. The first kappa shape index (κ1) is 12.4. The molecule has 3 rings (SSSR count). The molecule has 1 aliphatic carbocycles. The van der Waals surface area contributed by atoms with E-state index in [2.05, 4.69) is 9.98 Å². The van der Waals surface area contributed by atoms with Crippen molar-refractivity contribution < 1.29 is 0 Å². The van der Waals surface area contributed by atoms with E-state index in [1.54, 1.807) is 6.20 Å². The van der Waals surface area contributed by atoms with Gasteiger partial charge in [0.15, 0.2) is 0 Å². The van der Waals surface area contributed by atoms with Crippen LogP contribution in [0.1, 0.15) is 25.7 Å². The van der Waals surface area contributed by atoms with Crippen molar-refractivity contribution >= 4 is 34.0 Å². The number of hydrogen-bond acceptors (Lipinski definition) is 2. The van der Waals surface area contributed by atoms with Crippen molar-refractivity contribution in [2.45, 2.75) is 25.7 Å². The fourth-order valence-corrected chi connectivity index (χ4v) is 2.88. The number of hydrogen-bond donors (Lipinski definition) is 1. The molecule has 0 aliphatic heterocycles. The van der Waals surface area contributed by atoms with Crippen molar-refractivity contribution in [1.82, 2.24) is 4.98 Å². The fourth-order valence-electron chi connectivity index (χ4n) is 2.67. The number of amidine groups is 1. The van der Waals surface area contributed by atoms with Crippen molar-refractivity contribution in [3.8, 4) is 0 Å². The van der Waals surface area contributed by atoms with Crippen LogP contribution in [0.4, 0.5) is 5.69 Å². The van der Waals surface area contributed by atoms with Gasteiger partial charge in [0.2, 0.25) is 0 Å². The number of nitrogens with zero attached hydrogens (tertiary/aromatic N) is 2. The number of pyridine rings is 1. The minimum Gasteiger partial charge on any atom is -0.387 e. The topological polar surface area (TPSA) is 51.3 Å². The summed E-state index contributed by atoms with van der Waals surface area (Å²) in [5.74, 6) is 1.15. The van der Waals surface area contributed by atoms with Crippen LogP contribution in [-0.2, 0) is 0 Å². The highest BCUT2D eigenvalue weighted by Crippen LogP contribution is 2.31. The SMILES string of the molecule is NC(=Nc1ccc(Cl)c2cccnc12)C1CCCC1. The highest BCUT2D eigenvalue weighted by atomic mass is 35.5. The Balaban J connectivity index is 2.05. The van der Waals surface area contributed by atoms with Gasteiger partial charge in [-0.2, -0.15) is 0 Å². The summed E-state index contributed by atoms with van der Waals surface area (Å²) in [6.07, 6.45) is 6.55. The van der Waals surface area contributed by atoms with Crippen LogP contribution in [0.25, 0.3) is 10.9 Å². The van der Waals surface area contributed by atoms with Gasteiger partial charge in [0.05, 0.1) is 16.2 Å². The van der Waals surface area contributed by atoms with Crippen LogP contribution < -0.4 is 5.73 Å². The van der Waals surface area contributed by atoms with E-state index in [0.29, 0.717) is 10.9 Å². The molecule has 0 radical (unpaired) electrons. The largest absolute Gasteiger partial charge is 0.387 e. The summed E-state index contributed by atoms with van der Waals surface area (Å²) in [7, 11) is 0. The minimum atomic E-state index is 0.425. The van der Waals surface area contributed by atoms with Crippen molar-refractivity contribution in [1.29, 1.82) is 0 Å². The predicted octanol–water partition coefficient (Wildman–Crippen LogP) is 4.07. The molecule has 0 amide bonds. The molecular weight excluding hydrogens is 258 g/mol. The lowest BCUT2D eigenvalue weighted by atomic mass is 10.1. The second-order valence-corrected chi connectivity index (χ2v) is 5.39. The van der Waals surface area contributed by atoms with Gasteiger partial charge in [-0.25, -0.2) is 4.99 Å². The van der Waals surface area contributed by atoms with Crippen molar-refractivity contribution in [2.24, 2.45) is 16.6 Å². The number of halogens is 1. The Bertz CT molecular complexity index is 630. The van der Waals surface area contributed by atoms with Gasteiger partial charge in [0, 0.05) is 17.5 Å². The van der Waals surface area contributed by atoms with Gasteiger partial charge in [0.1, 0.15) is 5.84 Å². The molecule has 1 aromatic carbocycles. The third-order valence-electron chi connectivity index (χ3n) is 3.72. The summed E-state index contributed by atoms with van der Waals surface area (Å²) < 4.78 is 0. The van der Waals surface area contributed by atoms with E-state index in [1.807, 2.05) is 24.3 Å². The fraction of sp³-hybridized carbons (Fsp3) is 0.333. The molecule has 3 nitrogen and oxygen atoms in total. The lowest BCUT2D eigenvalue weighted by Gasteiger charge is -2.09. The lowest BCUT2D eigenvalue weighted by Crippen LogP contribution is -2.20. The van der Waals surface area contributed by atoms with Gasteiger partial charge in [-0.15, -0.1) is 0 Å². The third kappa shape index (κ3) is 2.43. The smallest absolute Gasteiger partial charge is 0.103 e. The molecule has 2 aromatic rings. The molecule has 2 N–H and O–H groups in total. The Morgan fingerprint density at radius 2 is 2.05 bits per heavy atom. The summed E-state index contributed by atoms with van der Waals surface area (Å²) in [4.78, 5) is 8.96. The van der Waals surface area contributed by atoms with E-state index in [0.717, 1.165) is 35.3 Å². The second kappa shape index (κ2) is 5.17. The highest BCUT2D eigenvalue weighted by molar-refractivity contribution is 6.35. The summed E-state index contributed by atoms with van der Waals surface area (Å²) in [5, 5.41) is 1.62. The monoisotopic (exact) mass is 273 g/mol. The summed E-state index contributed by atoms with van der Waals surface area (Å²) in [6.45, 7) is 0. The zero-order valence-corrected chi connectivity index (χ0v) is 11.4. The highest BCUT2D eigenvalue weighted by Gasteiger charge is 2.19. The zero-order chi connectivity index (χ0) is 13.2. The number of aliphatic imine (C=N–C) groups is 1. The van der Waals surface area contributed by atoms with Crippen LogP contribution in [0.15, 0.2) is 35.5 Å². The van der Waals surface area contributed by atoms with Crippen molar-refractivity contribution in [2.75, 3.05) is 0 Å². The standard InChI is InChI=1S/C15H16ClN3/c16-12-7-8-13(14-11(12)6-3-9-18-14)19-15(17)10-4-1-2-5-10/h3,6-10H,1-2,4-5H2,(H2,17,19). The van der Waals surface area contributed by atoms with Crippen molar-refractivity contribution in [3.05, 3.63) is 35.5 Å². The summed E-state index contributed by atoms with van der Waals surface area (Å²) in [6, 6.07) is 7.57. The lowest BCUT2D eigenvalue weighted by molar-refractivity contribution is 0.722. The average Bonchev–Trinajstić information content (AvgIpc) is 2.96. The molecule has 1 aliphatic rings. The molecule has 1 fully saturated rings. The molecule has 19 heavy (non-hydrogen) atoms. The molecule has 0 unspecified atom stereocenters. The van der Waals surface area contributed by atoms with Crippen LogP contribution in [0.2, 0.25) is 5.02 Å². The van der Waals surface area contributed by atoms with E-state index >= 15 is 0 Å². The Hall–Kier alpha value is -1.61. The van der Waals surface area contributed by atoms with E-state index < -0.39 is 0 Å². The van der Waals surface area contributed by atoms with Gasteiger partial charge in [-0.05, 0) is 37.1 Å². The first-order valence-electron chi connectivity index (χ1n) is 6.63. The summed E-state index contributed by atoms with van der Waals surface area (Å²) in [5.41, 5.74) is 7.75. The minimum absolute atomic E-state index is 0.425. The van der Waals surface area contributed by atoms with E-state index in [-0.39, 0.29) is 0 Å². The average molecular weight is 274 g/mol. The number of nitrogens with two attached hydrogens (primary N) is 1. The van der Waals surface area contributed by atoms with Crippen molar-refractivity contribution in [3.63, 3.8) is 0 Å². The third-order valence-corrected chi connectivity index (χ3v) is 4.05. The molecule has 1 heterocycles. The summed E-state index contributed by atoms with van der Waals surface area (Å²) >= 11 is 6.17. The van der Waals surface area contributed by atoms with Gasteiger partial charge in [-0.1, -0.05) is 24.4 Å². The number of rotatable bonds is 2. The molecule has 0 spiro atoms.